The van der Waals surface area contributed by atoms with Gasteiger partial charge in [-0.15, -0.1) is 0 Å². The third-order valence-corrected chi connectivity index (χ3v) is 2.62. The highest BCUT2D eigenvalue weighted by molar-refractivity contribution is 5.83. The summed E-state index contributed by atoms with van der Waals surface area (Å²) in [5.74, 6) is 0. The topological polar surface area (TPSA) is 56.2 Å². The Bertz CT molecular complexity index is 654. The molecule has 0 radical (unpaired) electrons. The number of hydrogen-bond donors (Lipinski definition) is 1. The fourth-order valence-electron chi connectivity index (χ4n) is 1.72. The molecule has 0 aliphatic rings. The summed E-state index contributed by atoms with van der Waals surface area (Å²) in [5, 5.41) is 0. The summed E-state index contributed by atoms with van der Waals surface area (Å²) in [6.07, 6.45) is 3.63. The van der Waals surface area contributed by atoms with Crippen molar-refractivity contribution in [3.63, 3.8) is 0 Å². The van der Waals surface area contributed by atoms with Gasteiger partial charge < -0.3 is 5.73 Å². The third kappa shape index (κ3) is 1.01. The number of nitrogen functional groups attached to an aromatic ring is 1. The predicted molar refractivity (Wildman–Crippen MR) is 59.6 cm³/mol. The van der Waals surface area contributed by atoms with E-state index in [-0.39, 0.29) is 0 Å². The zero-order valence-corrected chi connectivity index (χ0v) is 8.31. The van der Waals surface area contributed by atoms with Gasteiger partial charge in [-0.05, 0) is 19.1 Å². The van der Waals surface area contributed by atoms with E-state index in [0.717, 1.165) is 22.4 Å². The summed E-state index contributed by atoms with van der Waals surface area (Å²) in [6, 6.07) is 5.87. The van der Waals surface area contributed by atoms with Crippen LogP contribution in [0.4, 0.5) is 5.69 Å². The fraction of sp³-hybridized carbons (Fsp3) is 0.0909. The van der Waals surface area contributed by atoms with Crippen LogP contribution < -0.4 is 5.73 Å². The van der Waals surface area contributed by atoms with Gasteiger partial charge in [-0.2, -0.15) is 0 Å². The van der Waals surface area contributed by atoms with Gasteiger partial charge in [0.1, 0.15) is 11.2 Å². The van der Waals surface area contributed by atoms with Gasteiger partial charge in [-0.3, -0.25) is 4.40 Å². The van der Waals surface area contributed by atoms with Crippen molar-refractivity contribution in [2.75, 3.05) is 5.73 Å². The van der Waals surface area contributed by atoms with Crippen LogP contribution in [0.3, 0.4) is 0 Å². The number of aryl methyl sites for hydroxylation is 1. The van der Waals surface area contributed by atoms with Crippen molar-refractivity contribution in [2.45, 2.75) is 6.92 Å². The lowest BCUT2D eigenvalue weighted by atomic mass is 10.2. The number of rotatable bonds is 0. The SMILES string of the molecule is Cc1c(N)cnc2c1nc1ccccn12. The first kappa shape index (κ1) is 8.23. The maximum Gasteiger partial charge on any atom is 0.164 e. The molecule has 3 heterocycles. The van der Waals surface area contributed by atoms with E-state index in [1.165, 1.54) is 0 Å². The Morgan fingerprint density at radius 1 is 1.33 bits per heavy atom. The van der Waals surface area contributed by atoms with Gasteiger partial charge in [0, 0.05) is 11.8 Å². The van der Waals surface area contributed by atoms with Gasteiger partial charge in [0.05, 0.1) is 11.9 Å². The number of nitrogens with two attached hydrogens (primary N) is 1. The average molecular weight is 198 g/mol. The highest BCUT2D eigenvalue weighted by Crippen LogP contribution is 2.21. The van der Waals surface area contributed by atoms with Gasteiger partial charge in [0.25, 0.3) is 0 Å². The van der Waals surface area contributed by atoms with Gasteiger partial charge >= 0.3 is 0 Å². The third-order valence-electron chi connectivity index (χ3n) is 2.62. The molecule has 0 bridgehead atoms. The lowest BCUT2D eigenvalue weighted by Crippen LogP contribution is -1.93. The van der Waals surface area contributed by atoms with Crippen molar-refractivity contribution in [3.05, 3.63) is 36.2 Å². The number of nitrogens with zero attached hydrogens (tertiary/aromatic N) is 3. The second-order valence-corrected chi connectivity index (χ2v) is 3.55. The minimum Gasteiger partial charge on any atom is -0.397 e. The van der Waals surface area contributed by atoms with Crippen molar-refractivity contribution in [1.29, 1.82) is 0 Å². The van der Waals surface area contributed by atoms with Crippen molar-refractivity contribution >= 4 is 22.5 Å². The second-order valence-electron chi connectivity index (χ2n) is 3.55. The number of pyridine rings is 2. The quantitative estimate of drug-likeness (QED) is 0.599. The first-order valence-corrected chi connectivity index (χ1v) is 4.75. The van der Waals surface area contributed by atoms with E-state index in [4.69, 9.17) is 5.73 Å². The molecule has 0 fully saturated rings. The lowest BCUT2D eigenvalue weighted by molar-refractivity contribution is 1.18. The molecule has 3 aromatic rings. The van der Waals surface area contributed by atoms with Crippen LogP contribution in [0.25, 0.3) is 16.8 Å². The number of aromatic nitrogens is 3. The summed E-state index contributed by atoms with van der Waals surface area (Å²) < 4.78 is 1.96. The van der Waals surface area contributed by atoms with E-state index in [1.807, 2.05) is 35.7 Å². The predicted octanol–water partition coefficient (Wildman–Crippen LogP) is 1.77. The molecule has 0 atom stereocenters. The summed E-state index contributed by atoms with van der Waals surface area (Å²) in [5.41, 5.74) is 10.1. The Hall–Kier alpha value is -2.10. The molecule has 0 spiro atoms. The van der Waals surface area contributed by atoms with E-state index in [2.05, 4.69) is 9.97 Å². The number of hydrogen-bond acceptors (Lipinski definition) is 3. The van der Waals surface area contributed by atoms with Crippen molar-refractivity contribution in [3.8, 4) is 0 Å². The van der Waals surface area contributed by atoms with Crippen LogP contribution in [-0.2, 0) is 0 Å². The fourth-order valence-corrected chi connectivity index (χ4v) is 1.72. The van der Waals surface area contributed by atoms with Crippen molar-refractivity contribution in [2.24, 2.45) is 0 Å². The van der Waals surface area contributed by atoms with Crippen LogP contribution >= 0.6 is 0 Å². The van der Waals surface area contributed by atoms with Crippen LogP contribution in [0.5, 0.6) is 0 Å². The van der Waals surface area contributed by atoms with Crippen LogP contribution in [0, 0.1) is 6.92 Å². The van der Waals surface area contributed by atoms with Crippen LogP contribution in [0.1, 0.15) is 5.56 Å². The van der Waals surface area contributed by atoms with Gasteiger partial charge in [-0.25, -0.2) is 9.97 Å². The minimum atomic E-state index is 0.686. The molecular formula is C11H10N4. The molecule has 0 unspecified atom stereocenters. The maximum atomic E-state index is 5.80. The number of fused-ring (bicyclic) bond motifs is 3. The molecule has 0 saturated heterocycles. The van der Waals surface area contributed by atoms with E-state index in [9.17, 15) is 0 Å². The molecule has 4 nitrogen and oxygen atoms in total. The largest absolute Gasteiger partial charge is 0.397 e. The molecule has 3 rings (SSSR count). The first-order valence-electron chi connectivity index (χ1n) is 4.75. The summed E-state index contributed by atoms with van der Waals surface area (Å²) >= 11 is 0. The Morgan fingerprint density at radius 3 is 3.07 bits per heavy atom. The van der Waals surface area contributed by atoms with Crippen molar-refractivity contribution < 1.29 is 0 Å². The number of imidazole rings is 1. The van der Waals surface area contributed by atoms with Gasteiger partial charge in [0.15, 0.2) is 5.65 Å². The highest BCUT2D eigenvalue weighted by atomic mass is 15.1. The maximum absolute atomic E-state index is 5.80. The average Bonchev–Trinajstić information content (AvgIpc) is 2.63. The Balaban J connectivity index is 2.60. The normalized spacial score (nSPS) is 11.3. The van der Waals surface area contributed by atoms with Gasteiger partial charge in [0.2, 0.25) is 0 Å². The van der Waals surface area contributed by atoms with Gasteiger partial charge in [-0.1, -0.05) is 6.07 Å². The standard InChI is InChI=1S/C11H10N4/c1-7-8(12)6-13-11-10(7)14-9-4-2-3-5-15(9)11/h2-6H,12H2,1H3. The summed E-state index contributed by atoms with van der Waals surface area (Å²) in [4.78, 5) is 8.80. The molecule has 74 valence electrons. The summed E-state index contributed by atoms with van der Waals surface area (Å²) in [7, 11) is 0. The Morgan fingerprint density at radius 2 is 2.20 bits per heavy atom. The molecular weight excluding hydrogens is 188 g/mol. The van der Waals surface area contributed by atoms with Crippen LogP contribution in [0.15, 0.2) is 30.6 Å². The van der Waals surface area contributed by atoms with E-state index < -0.39 is 0 Å². The zero-order chi connectivity index (χ0) is 10.4. The second kappa shape index (κ2) is 2.70. The molecule has 3 aromatic heterocycles. The van der Waals surface area contributed by atoms with E-state index >= 15 is 0 Å². The smallest absolute Gasteiger partial charge is 0.164 e. The molecule has 0 aliphatic carbocycles. The lowest BCUT2D eigenvalue weighted by Gasteiger charge is -1.98. The molecule has 0 amide bonds. The first-order chi connectivity index (χ1) is 7.27. The Kier molecular flexibility index (Phi) is 1.48. The molecule has 4 heteroatoms. The van der Waals surface area contributed by atoms with Crippen LogP contribution in [-0.4, -0.2) is 14.4 Å². The van der Waals surface area contributed by atoms with E-state index in [1.54, 1.807) is 6.20 Å². The highest BCUT2D eigenvalue weighted by Gasteiger charge is 2.08. The summed E-state index contributed by atoms with van der Waals surface area (Å²) in [6.45, 7) is 1.96. The van der Waals surface area contributed by atoms with E-state index in [0.29, 0.717) is 5.69 Å². The van der Waals surface area contributed by atoms with Crippen LogP contribution in [0.2, 0.25) is 0 Å². The monoisotopic (exact) mass is 198 g/mol. The zero-order valence-electron chi connectivity index (χ0n) is 8.31. The molecule has 0 aliphatic heterocycles. The minimum absolute atomic E-state index is 0.686. The molecule has 0 aromatic carbocycles. The molecule has 0 saturated carbocycles. The molecule has 15 heavy (non-hydrogen) atoms. The number of anilines is 1. The molecule has 2 N–H and O–H groups in total. The Labute approximate surface area is 86.4 Å². The van der Waals surface area contributed by atoms with Crippen molar-refractivity contribution in [1.82, 2.24) is 14.4 Å².